The zero-order valence-electron chi connectivity index (χ0n) is 23.6. The predicted octanol–water partition coefficient (Wildman–Crippen LogP) is 4.23. The van der Waals surface area contributed by atoms with Gasteiger partial charge in [-0.15, -0.1) is 0 Å². The quantitative estimate of drug-likeness (QED) is 0.363. The van der Waals surface area contributed by atoms with Gasteiger partial charge in [-0.3, -0.25) is 9.36 Å². The highest BCUT2D eigenvalue weighted by atomic mass is 16.5. The lowest BCUT2D eigenvalue weighted by molar-refractivity contribution is -0.0212. The molecule has 2 N–H and O–H groups in total. The summed E-state index contributed by atoms with van der Waals surface area (Å²) < 4.78 is 7.66. The topological polar surface area (TPSA) is 121 Å². The molecule has 6 rings (SSSR count). The van der Waals surface area contributed by atoms with Crippen LogP contribution in [0.3, 0.4) is 0 Å². The normalized spacial score (nSPS) is 17.9. The smallest absolute Gasteiger partial charge is 0.262 e. The Balaban J connectivity index is 1.50. The molecule has 2 fully saturated rings. The molecule has 0 saturated carbocycles. The van der Waals surface area contributed by atoms with Gasteiger partial charge in [-0.25, -0.2) is 15.0 Å². The van der Waals surface area contributed by atoms with Crippen LogP contribution in [0.15, 0.2) is 47.5 Å². The van der Waals surface area contributed by atoms with Crippen molar-refractivity contribution in [2.75, 3.05) is 43.0 Å². The molecule has 2 aliphatic rings. The third kappa shape index (κ3) is 5.14. The molecule has 41 heavy (non-hydrogen) atoms. The van der Waals surface area contributed by atoms with Gasteiger partial charge in [0.15, 0.2) is 0 Å². The second-order valence-corrected chi connectivity index (χ2v) is 10.7. The molecule has 0 aliphatic carbocycles. The number of rotatable bonds is 6. The minimum Gasteiger partial charge on any atom is -0.363 e. The van der Waals surface area contributed by atoms with Crippen LogP contribution in [0.25, 0.3) is 22.0 Å². The molecule has 1 aromatic carbocycles. The van der Waals surface area contributed by atoms with Crippen LogP contribution >= 0.6 is 0 Å². The van der Waals surface area contributed by atoms with Crippen LogP contribution in [0.5, 0.6) is 0 Å². The summed E-state index contributed by atoms with van der Waals surface area (Å²) in [4.78, 5) is 30.7. The minimum absolute atomic E-state index is 0.154. The van der Waals surface area contributed by atoms with Gasteiger partial charge in [0.25, 0.3) is 5.56 Å². The number of hydrogen-bond acceptors (Lipinski definition) is 9. The Morgan fingerprint density at radius 1 is 1.17 bits per heavy atom. The van der Waals surface area contributed by atoms with Crippen molar-refractivity contribution in [2.45, 2.75) is 45.9 Å². The first-order valence-electron chi connectivity index (χ1n) is 14.2. The number of aryl methyl sites for hydroxylation is 1. The Hall–Kier alpha value is -4.33. The lowest BCUT2D eigenvalue weighted by Crippen LogP contribution is -2.40. The summed E-state index contributed by atoms with van der Waals surface area (Å²) in [5, 5.41) is 17.1. The largest absolute Gasteiger partial charge is 0.363 e. The van der Waals surface area contributed by atoms with E-state index in [4.69, 9.17) is 19.7 Å². The number of benzene rings is 1. The van der Waals surface area contributed by atoms with E-state index in [0.717, 1.165) is 49.4 Å². The first kappa shape index (κ1) is 26.9. The maximum Gasteiger partial charge on any atom is 0.262 e. The van der Waals surface area contributed by atoms with Gasteiger partial charge in [-0.05, 0) is 62.9 Å². The highest BCUT2D eigenvalue weighted by Gasteiger charge is 2.24. The molecule has 0 amide bonds. The fourth-order valence-corrected chi connectivity index (χ4v) is 5.83. The van der Waals surface area contributed by atoms with Crippen molar-refractivity contribution in [3.05, 3.63) is 75.6 Å². The second kappa shape index (κ2) is 11.3. The molecule has 10 heteroatoms. The SMILES string of the molecule is Cc1nc(NC(C)c2cccc(C#N)c2C)c2cn(C3CNCCO3)c(=O)c(-c3ccc(N4CCCC4)nc3)c2n1. The summed E-state index contributed by atoms with van der Waals surface area (Å²) in [6.45, 7) is 9.58. The molecule has 0 radical (unpaired) electrons. The molecule has 210 valence electrons. The first-order chi connectivity index (χ1) is 19.9. The van der Waals surface area contributed by atoms with Crippen molar-refractivity contribution in [1.82, 2.24) is 24.8 Å². The van der Waals surface area contributed by atoms with Crippen molar-refractivity contribution in [1.29, 1.82) is 5.26 Å². The molecule has 10 nitrogen and oxygen atoms in total. The molecule has 4 aromatic rings. The molecule has 3 aromatic heterocycles. The molecule has 2 saturated heterocycles. The lowest BCUT2D eigenvalue weighted by Gasteiger charge is -2.27. The van der Waals surface area contributed by atoms with E-state index in [1.807, 2.05) is 51.1 Å². The van der Waals surface area contributed by atoms with E-state index in [2.05, 4.69) is 21.6 Å². The number of nitrogens with one attached hydrogen (secondary N) is 2. The molecular formula is C31H34N8O2. The van der Waals surface area contributed by atoms with E-state index in [-0.39, 0.29) is 11.6 Å². The third-order valence-electron chi connectivity index (χ3n) is 8.01. The van der Waals surface area contributed by atoms with E-state index in [1.165, 1.54) is 0 Å². The zero-order chi connectivity index (χ0) is 28.5. The summed E-state index contributed by atoms with van der Waals surface area (Å²) >= 11 is 0. The van der Waals surface area contributed by atoms with Crippen molar-refractivity contribution >= 4 is 22.5 Å². The van der Waals surface area contributed by atoms with E-state index in [0.29, 0.717) is 52.4 Å². The molecule has 0 spiro atoms. The zero-order valence-corrected chi connectivity index (χ0v) is 23.6. The van der Waals surface area contributed by atoms with Crippen LogP contribution in [0.1, 0.15) is 54.5 Å². The minimum atomic E-state index is -0.461. The number of pyridine rings is 2. The Bertz CT molecular complexity index is 1680. The van der Waals surface area contributed by atoms with Gasteiger partial charge in [-0.2, -0.15) is 5.26 Å². The van der Waals surface area contributed by atoms with Crippen molar-refractivity contribution < 1.29 is 4.74 Å². The molecule has 2 unspecified atom stereocenters. The van der Waals surface area contributed by atoms with Gasteiger partial charge in [0.1, 0.15) is 23.7 Å². The number of nitriles is 1. The molecule has 0 bridgehead atoms. The highest BCUT2D eigenvalue weighted by molar-refractivity contribution is 5.98. The predicted molar refractivity (Wildman–Crippen MR) is 159 cm³/mol. The van der Waals surface area contributed by atoms with E-state index >= 15 is 0 Å². The number of anilines is 2. The fourth-order valence-electron chi connectivity index (χ4n) is 5.83. The Labute approximate surface area is 239 Å². The average Bonchev–Trinajstić information content (AvgIpc) is 3.53. The standard InChI is InChI=1S/C31H34N8O2/c1-19-22(15-32)7-6-8-24(19)20(2)35-30-25-18-39(27-17-33-11-14-41-27)31(40)28(29(25)36-21(3)37-30)23-9-10-26(34-16-23)38-12-4-5-13-38/h6-10,16,18,20,27,33H,4-5,11-14,17H2,1-3H3,(H,35,36,37). The Morgan fingerprint density at radius 2 is 2.00 bits per heavy atom. The number of nitrogens with zero attached hydrogens (tertiary/aromatic N) is 6. The van der Waals surface area contributed by atoms with Gasteiger partial charge in [-0.1, -0.05) is 12.1 Å². The number of aromatic nitrogens is 4. The number of hydrogen-bond donors (Lipinski definition) is 2. The highest BCUT2D eigenvalue weighted by Crippen LogP contribution is 2.32. The van der Waals surface area contributed by atoms with E-state index in [1.54, 1.807) is 17.0 Å². The average molecular weight is 551 g/mol. The Kier molecular flexibility index (Phi) is 7.39. The fraction of sp³-hybridized carbons (Fsp3) is 0.387. The lowest BCUT2D eigenvalue weighted by atomic mass is 9.98. The van der Waals surface area contributed by atoms with Crippen LogP contribution in [0, 0.1) is 25.2 Å². The van der Waals surface area contributed by atoms with E-state index in [9.17, 15) is 10.1 Å². The molecule has 2 atom stereocenters. The van der Waals surface area contributed by atoms with Crippen molar-refractivity contribution in [3.63, 3.8) is 0 Å². The van der Waals surface area contributed by atoms with Crippen molar-refractivity contribution in [3.8, 4) is 17.2 Å². The monoisotopic (exact) mass is 550 g/mol. The van der Waals surface area contributed by atoms with Crippen molar-refractivity contribution in [2.24, 2.45) is 0 Å². The third-order valence-corrected chi connectivity index (χ3v) is 8.01. The summed E-state index contributed by atoms with van der Waals surface area (Å²) in [5.74, 6) is 2.08. The van der Waals surface area contributed by atoms with Crippen LogP contribution in [-0.4, -0.2) is 52.3 Å². The van der Waals surface area contributed by atoms with Gasteiger partial charge in [0.05, 0.1) is 40.7 Å². The van der Waals surface area contributed by atoms with Gasteiger partial charge in [0.2, 0.25) is 0 Å². The van der Waals surface area contributed by atoms with Crippen LogP contribution in [0.4, 0.5) is 11.6 Å². The number of ether oxygens (including phenoxy) is 1. The summed E-state index contributed by atoms with van der Waals surface area (Å²) in [5.41, 5.74) is 4.13. The molecule has 5 heterocycles. The maximum atomic E-state index is 14.1. The Morgan fingerprint density at radius 3 is 2.71 bits per heavy atom. The maximum absolute atomic E-state index is 14.1. The van der Waals surface area contributed by atoms with E-state index < -0.39 is 6.23 Å². The van der Waals surface area contributed by atoms with Crippen LogP contribution < -0.4 is 21.1 Å². The first-order valence-corrected chi connectivity index (χ1v) is 14.2. The number of fused-ring (bicyclic) bond motifs is 1. The van der Waals surface area contributed by atoms with Gasteiger partial charge < -0.3 is 20.3 Å². The summed E-state index contributed by atoms with van der Waals surface area (Å²) in [6.07, 6.45) is 5.45. The van der Waals surface area contributed by atoms with Crippen LogP contribution in [-0.2, 0) is 4.74 Å². The number of morpholine rings is 1. The molecule has 2 aliphatic heterocycles. The summed E-state index contributed by atoms with van der Waals surface area (Å²) in [7, 11) is 0. The van der Waals surface area contributed by atoms with Gasteiger partial charge >= 0.3 is 0 Å². The molecular weight excluding hydrogens is 516 g/mol. The van der Waals surface area contributed by atoms with Crippen LogP contribution in [0.2, 0.25) is 0 Å². The van der Waals surface area contributed by atoms with Gasteiger partial charge in [0, 0.05) is 44.1 Å². The second-order valence-electron chi connectivity index (χ2n) is 10.7. The summed E-state index contributed by atoms with van der Waals surface area (Å²) in [6, 6.07) is 11.8.